The Morgan fingerprint density at radius 1 is 1.05 bits per heavy atom. The smallest absolute Gasteiger partial charge is 0.255 e. The molecular weight excluding hydrogens is 520 g/mol. The van der Waals surface area contributed by atoms with Crippen LogP contribution in [0.1, 0.15) is 39.9 Å². The van der Waals surface area contributed by atoms with Crippen LogP contribution in [-0.2, 0) is 20.8 Å². The number of rotatable bonds is 4. The first kappa shape index (κ1) is 26.6. The number of carbonyl (C=O) groups excluding carboxylic acids is 4. The van der Waals surface area contributed by atoms with E-state index in [1.165, 1.54) is 0 Å². The molecule has 3 aliphatic rings. The van der Waals surface area contributed by atoms with E-state index in [0.717, 1.165) is 17.3 Å². The van der Waals surface area contributed by atoms with Crippen LogP contribution in [0.25, 0.3) is 5.76 Å². The van der Waals surface area contributed by atoms with Crippen molar-refractivity contribution in [3.8, 4) is 5.75 Å². The van der Waals surface area contributed by atoms with Crippen LogP contribution >= 0.6 is 11.8 Å². The van der Waals surface area contributed by atoms with E-state index >= 15 is 0 Å². The van der Waals surface area contributed by atoms with Crippen LogP contribution in [0.15, 0.2) is 52.1 Å². The van der Waals surface area contributed by atoms with Crippen LogP contribution in [0.5, 0.6) is 5.75 Å². The maximum atomic E-state index is 13.7. The monoisotopic (exact) mass is 548 g/mol. The Kier molecular flexibility index (Phi) is 6.54. The Morgan fingerprint density at radius 3 is 2.33 bits per heavy atom. The zero-order valence-corrected chi connectivity index (χ0v) is 22.5. The second kappa shape index (κ2) is 9.60. The highest BCUT2D eigenvalue weighted by molar-refractivity contribution is 8.14. The summed E-state index contributed by atoms with van der Waals surface area (Å²) in [6.07, 6.45) is 0.450. The highest BCUT2D eigenvalue weighted by Gasteiger charge is 2.51. The number of aryl methyl sites for hydroxylation is 1. The third-order valence-electron chi connectivity index (χ3n) is 7.80. The molecule has 0 radical (unpaired) electrons. The number of phenols is 1. The Bertz CT molecular complexity index is 1520. The number of benzene rings is 2. The van der Waals surface area contributed by atoms with Crippen LogP contribution in [0.3, 0.4) is 0 Å². The van der Waals surface area contributed by atoms with E-state index in [1.807, 2.05) is 19.1 Å². The minimum atomic E-state index is -1.20. The minimum absolute atomic E-state index is 0.00224. The summed E-state index contributed by atoms with van der Waals surface area (Å²) in [7, 11) is 3.56. The first-order chi connectivity index (χ1) is 18.4. The number of hydrogen-bond donors (Lipinski definition) is 4. The summed E-state index contributed by atoms with van der Waals surface area (Å²) in [6.45, 7) is 1.93. The van der Waals surface area contributed by atoms with Gasteiger partial charge in [0.25, 0.3) is 5.91 Å². The molecule has 202 valence electrons. The number of carbonyl (C=O) groups is 4. The number of ketones is 2. The molecule has 39 heavy (non-hydrogen) atoms. The van der Waals surface area contributed by atoms with Crippen LogP contribution in [-0.4, -0.2) is 52.0 Å². The van der Waals surface area contributed by atoms with Crippen LogP contribution in [0.4, 0.5) is 5.69 Å². The number of allylic oxidation sites excluding steroid dienone is 2. The van der Waals surface area contributed by atoms with Gasteiger partial charge in [-0.1, -0.05) is 17.7 Å². The summed E-state index contributed by atoms with van der Waals surface area (Å²) in [5.41, 5.74) is 6.91. The molecule has 0 heterocycles. The van der Waals surface area contributed by atoms with Gasteiger partial charge in [-0.2, -0.15) is 0 Å². The molecule has 0 spiro atoms. The van der Waals surface area contributed by atoms with Crippen molar-refractivity contribution in [2.75, 3.05) is 19.0 Å². The van der Waals surface area contributed by atoms with Gasteiger partial charge in [0.1, 0.15) is 22.8 Å². The molecular formula is C29H28N2O7S. The maximum absolute atomic E-state index is 13.7. The Hall–Kier alpha value is -4.05. The molecule has 2 aromatic carbocycles. The van der Waals surface area contributed by atoms with E-state index < -0.39 is 63.2 Å². The van der Waals surface area contributed by atoms with Crippen molar-refractivity contribution in [3.63, 3.8) is 0 Å². The van der Waals surface area contributed by atoms with Gasteiger partial charge in [-0.3, -0.25) is 19.2 Å². The zero-order chi connectivity index (χ0) is 28.3. The lowest BCUT2D eigenvalue weighted by atomic mass is 9.61. The van der Waals surface area contributed by atoms with Gasteiger partial charge in [-0.05, 0) is 67.1 Å². The lowest BCUT2D eigenvalue weighted by molar-refractivity contribution is -0.127. The number of aliphatic hydroxyl groups excluding tert-OH is 2. The van der Waals surface area contributed by atoms with Gasteiger partial charge >= 0.3 is 0 Å². The number of amides is 1. The fourth-order valence-electron chi connectivity index (χ4n) is 6.01. The number of phenolic OH excluding ortho intramolecular Hbond substituents is 1. The molecule has 5 N–H and O–H groups in total. The fourth-order valence-corrected chi connectivity index (χ4v) is 6.76. The molecule has 3 aliphatic carbocycles. The lowest BCUT2D eigenvalue weighted by Gasteiger charge is -2.41. The molecule has 0 aliphatic heterocycles. The number of nitrogens with two attached hydrogens (primary N) is 1. The number of nitrogens with zero attached hydrogens (tertiary/aromatic N) is 1. The quantitative estimate of drug-likeness (QED) is 0.331. The molecule has 1 fully saturated rings. The number of hydrogen-bond acceptors (Lipinski definition) is 9. The third kappa shape index (κ3) is 4.28. The largest absolute Gasteiger partial charge is 0.511 e. The van der Waals surface area contributed by atoms with Crippen molar-refractivity contribution in [1.82, 2.24) is 0 Å². The van der Waals surface area contributed by atoms with Gasteiger partial charge in [0.15, 0.2) is 11.6 Å². The van der Waals surface area contributed by atoms with Gasteiger partial charge in [0.05, 0.1) is 17.0 Å². The van der Waals surface area contributed by atoms with Crippen molar-refractivity contribution < 1.29 is 34.5 Å². The Labute approximate surface area is 229 Å². The highest BCUT2D eigenvalue weighted by atomic mass is 32.2. The van der Waals surface area contributed by atoms with E-state index in [-0.39, 0.29) is 29.5 Å². The molecule has 9 nitrogen and oxygen atoms in total. The summed E-state index contributed by atoms with van der Waals surface area (Å²) in [5, 5.41) is 33.0. The van der Waals surface area contributed by atoms with Gasteiger partial charge in [0, 0.05) is 36.7 Å². The van der Waals surface area contributed by atoms with Crippen molar-refractivity contribution in [3.05, 3.63) is 69.5 Å². The van der Waals surface area contributed by atoms with Crippen molar-refractivity contribution in [1.29, 1.82) is 0 Å². The second-order valence-electron chi connectivity index (χ2n) is 10.5. The van der Waals surface area contributed by atoms with E-state index in [1.54, 1.807) is 37.2 Å². The predicted molar refractivity (Wildman–Crippen MR) is 146 cm³/mol. The highest BCUT2D eigenvalue weighted by Crippen LogP contribution is 2.52. The first-order valence-corrected chi connectivity index (χ1v) is 13.3. The molecule has 2 aromatic rings. The number of aromatic hydroxyl groups is 1. The molecule has 1 unspecified atom stereocenters. The Balaban J connectivity index is 1.63. The third-order valence-corrected chi connectivity index (χ3v) is 8.71. The van der Waals surface area contributed by atoms with E-state index in [2.05, 4.69) is 0 Å². The molecule has 0 bridgehead atoms. The zero-order valence-electron chi connectivity index (χ0n) is 21.6. The average molecular weight is 549 g/mol. The SMILES string of the molecule is Cc1ccc(SC(=O)c2cc(N(C)C)c3c(c2O)C(O)=C2C(=O)C4C(O)=C(C(N)=O)C(=O)C[C@@H]4C[C@@H]2C3)cc1. The molecule has 1 saturated carbocycles. The molecule has 0 saturated heterocycles. The fraction of sp³-hybridized carbons (Fsp3) is 0.310. The summed E-state index contributed by atoms with van der Waals surface area (Å²) < 4.78 is 0. The molecule has 1 amide bonds. The maximum Gasteiger partial charge on any atom is 0.255 e. The van der Waals surface area contributed by atoms with Gasteiger partial charge in [-0.15, -0.1) is 0 Å². The van der Waals surface area contributed by atoms with Crippen molar-refractivity contribution >= 4 is 45.8 Å². The first-order valence-electron chi connectivity index (χ1n) is 12.5. The number of anilines is 1. The van der Waals surface area contributed by atoms with E-state index in [9.17, 15) is 34.5 Å². The number of fused-ring (bicyclic) bond motifs is 3. The van der Waals surface area contributed by atoms with Crippen LogP contribution in [0, 0.1) is 24.7 Å². The average Bonchev–Trinajstić information content (AvgIpc) is 2.84. The number of aliphatic hydroxyl groups is 2. The normalized spacial score (nSPS) is 22.3. The summed E-state index contributed by atoms with van der Waals surface area (Å²) in [5.74, 6) is -6.15. The predicted octanol–water partition coefficient (Wildman–Crippen LogP) is 3.62. The molecule has 0 aromatic heterocycles. The molecule has 3 atom stereocenters. The van der Waals surface area contributed by atoms with Gasteiger partial charge < -0.3 is 26.0 Å². The van der Waals surface area contributed by atoms with Crippen molar-refractivity contribution in [2.24, 2.45) is 23.5 Å². The van der Waals surface area contributed by atoms with E-state index in [4.69, 9.17) is 5.73 Å². The van der Waals surface area contributed by atoms with Crippen molar-refractivity contribution in [2.45, 2.75) is 31.1 Å². The number of Topliss-reactive ketones (excluding diaryl/α,β-unsaturated/α-hetero) is 2. The summed E-state index contributed by atoms with van der Waals surface area (Å²) in [4.78, 5) is 53.7. The van der Waals surface area contributed by atoms with E-state index in [0.29, 0.717) is 22.6 Å². The molecule has 10 heteroatoms. The summed E-state index contributed by atoms with van der Waals surface area (Å²) >= 11 is 0.937. The molecule has 5 rings (SSSR count). The van der Waals surface area contributed by atoms with Gasteiger partial charge in [0.2, 0.25) is 5.12 Å². The number of thioether (sulfide) groups is 1. The van der Waals surface area contributed by atoms with Gasteiger partial charge in [-0.25, -0.2) is 0 Å². The number of primary amides is 1. The Morgan fingerprint density at radius 2 is 1.72 bits per heavy atom. The van der Waals surface area contributed by atoms with Crippen LogP contribution in [0.2, 0.25) is 0 Å². The summed E-state index contributed by atoms with van der Waals surface area (Å²) in [6, 6.07) is 8.94. The topological polar surface area (TPSA) is 158 Å². The van der Waals surface area contributed by atoms with Crippen LogP contribution < -0.4 is 10.6 Å². The second-order valence-corrected chi connectivity index (χ2v) is 11.5. The lowest BCUT2D eigenvalue weighted by Crippen LogP contribution is -2.44. The minimum Gasteiger partial charge on any atom is -0.511 e. The standard InChI is InChI=1S/C29H28N2O7S/c1-12-4-6-15(7-5-12)39-29(38)17-11-18(31(2)3)16-9-13-8-14-10-19(32)23(28(30)37)27(36)21(14)25(34)20(13)26(35)22(16)24(17)33/h4-7,11,13-14,21,33,35-36H,8-10H2,1-3H3,(H2,30,37)/t13-,14+,21?/m1/s1.